The molecule has 0 spiro atoms. The molecule has 2 aliphatic rings. The Morgan fingerprint density at radius 1 is 1.31 bits per heavy atom. The summed E-state index contributed by atoms with van der Waals surface area (Å²) in [5, 5.41) is 16.4. The number of hydrogen-bond acceptors (Lipinski definition) is 7. The van der Waals surface area contributed by atoms with Crippen molar-refractivity contribution in [1.82, 2.24) is 35.5 Å². The second kappa shape index (κ2) is 7.57. The van der Waals surface area contributed by atoms with Gasteiger partial charge in [-0.1, -0.05) is 5.16 Å². The van der Waals surface area contributed by atoms with E-state index in [9.17, 15) is 22.8 Å². The Kier molecular flexibility index (Phi) is 4.82. The maximum atomic E-state index is 12.9. The van der Waals surface area contributed by atoms with Gasteiger partial charge in [-0.25, -0.2) is 14.1 Å². The molecular weight excluding hydrogens is 431 g/mol. The Hall–Kier alpha value is -3.51. The van der Waals surface area contributed by atoms with E-state index in [1.54, 1.807) is 12.3 Å². The molecule has 5 rings (SSSR count). The lowest BCUT2D eigenvalue weighted by Crippen LogP contribution is -2.38. The van der Waals surface area contributed by atoms with Gasteiger partial charge in [0.25, 0.3) is 5.91 Å². The number of nitrogens with one attached hydrogen (secondary N) is 2. The Balaban J connectivity index is 1.24. The van der Waals surface area contributed by atoms with E-state index < -0.39 is 30.0 Å². The molecule has 168 valence electrons. The van der Waals surface area contributed by atoms with Crippen LogP contribution in [0.3, 0.4) is 0 Å². The van der Waals surface area contributed by atoms with Crippen LogP contribution < -0.4 is 10.6 Å². The van der Waals surface area contributed by atoms with Crippen LogP contribution >= 0.6 is 0 Å². The minimum atomic E-state index is -4.46. The van der Waals surface area contributed by atoms with Crippen molar-refractivity contribution in [3.05, 3.63) is 41.1 Å². The second-order valence-corrected chi connectivity index (χ2v) is 8.09. The van der Waals surface area contributed by atoms with Gasteiger partial charge < -0.3 is 10.6 Å². The van der Waals surface area contributed by atoms with E-state index in [4.69, 9.17) is 0 Å². The third-order valence-electron chi connectivity index (χ3n) is 5.63. The quantitative estimate of drug-likeness (QED) is 0.584. The summed E-state index contributed by atoms with van der Waals surface area (Å²) in [6.07, 6.45) is 0.389. The van der Waals surface area contributed by atoms with E-state index in [-0.39, 0.29) is 31.0 Å². The van der Waals surface area contributed by atoms with Crippen molar-refractivity contribution in [2.75, 3.05) is 0 Å². The number of aromatic nitrogens is 5. The van der Waals surface area contributed by atoms with E-state index in [0.717, 1.165) is 12.8 Å². The van der Waals surface area contributed by atoms with Gasteiger partial charge in [0.1, 0.15) is 11.7 Å². The summed E-state index contributed by atoms with van der Waals surface area (Å²) in [7, 11) is 0. The molecule has 1 aliphatic heterocycles. The SMILES string of the molecule is O=C(NCc1cn2ncc(C[C@H]3CC(C(F)(F)F)NC3=O)cc2n1)c1nonc1C1CC1. The van der Waals surface area contributed by atoms with Crippen LogP contribution in [0.15, 0.2) is 23.1 Å². The molecule has 0 aromatic carbocycles. The zero-order chi connectivity index (χ0) is 22.5. The highest BCUT2D eigenvalue weighted by Gasteiger charge is 2.47. The number of hydrogen-bond donors (Lipinski definition) is 2. The van der Waals surface area contributed by atoms with Crippen molar-refractivity contribution in [3.8, 4) is 0 Å². The Morgan fingerprint density at radius 2 is 2.12 bits per heavy atom. The van der Waals surface area contributed by atoms with Crippen LogP contribution in [0.2, 0.25) is 0 Å². The Labute approximate surface area is 178 Å². The molecule has 3 aromatic heterocycles. The largest absolute Gasteiger partial charge is 0.408 e. The first kappa shape index (κ1) is 20.4. The number of rotatable bonds is 6. The first-order valence-corrected chi connectivity index (χ1v) is 10.1. The minimum absolute atomic E-state index is 0.118. The van der Waals surface area contributed by atoms with Crippen molar-refractivity contribution < 1.29 is 27.4 Å². The summed E-state index contributed by atoms with van der Waals surface area (Å²) in [5.41, 5.74) is 2.32. The number of imidazole rings is 1. The van der Waals surface area contributed by atoms with Crippen LogP contribution in [0.4, 0.5) is 13.2 Å². The van der Waals surface area contributed by atoms with E-state index in [2.05, 4.69) is 30.3 Å². The highest BCUT2D eigenvalue weighted by Crippen LogP contribution is 2.40. The summed E-state index contributed by atoms with van der Waals surface area (Å²) in [5.74, 6) is -1.60. The fraction of sp³-hybridized carbons (Fsp3) is 0.474. The molecule has 1 aliphatic carbocycles. The lowest BCUT2D eigenvalue weighted by Gasteiger charge is -2.13. The molecule has 2 fully saturated rings. The minimum Gasteiger partial charge on any atom is -0.345 e. The zero-order valence-corrected chi connectivity index (χ0v) is 16.6. The Bertz CT molecular complexity index is 1180. The maximum Gasteiger partial charge on any atom is 0.408 e. The average Bonchev–Trinajstić information content (AvgIpc) is 3.15. The van der Waals surface area contributed by atoms with Crippen LogP contribution in [0.25, 0.3) is 5.65 Å². The number of carbonyl (C=O) groups excluding carboxylic acids is 2. The molecule has 32 heavy (non-hydrogen) atoms. The molecule has 0 bridgehead atoms. The van der Waals surface area contributed by atoms with E-state index in [0.29, 0.717) is 22.6 Å². The topological polar surface area (TPSA) is 127 Å². The molecule has 2 atom stereocenters. The van der Waals surface area contributed by atoms with Crippen molar-refractivity contribution in [2.24, 2.45) is 5.92 Å². The molecule has 13 heteroatoms. The van der Waals surface area contributed by atoms with Gasteiger partial charge in [-0.3, -0.25) is 9.59 Å². The van der Waals surface area contributed by atoms with E-state index in [1.165, 1.54) is 10.7 Å². The predicted molar refractivity (Wildman–Crippen MR) is 100 cm³/mol. The molecule has 1 saturated heterocycles. The number of nitrogens with zero attached hydrogens (tertiary/aromatic N) is 5. The molecule has 4 heterocycles. The number of halogens is 3. The van der Waals surface area contributed by atoms with Crippen molar-refractivity contribution in [3.63, 3.8) is 0 Å². The molecule has 10 nitrogen and oxygen atoms in total. The van der Waals surface area contributed by atoms with Crippen LogP contribution in [0.1, 0.15) is 52.6 Å². The smallest absolute Gasteiger partial charge is 0.345 e. The molecule has 1 unspecified atom stereocenters. The molecule has 0 radical (unpaired) electrons. The number of carbonyl (C=O) groups is 2. The normalized spacial score (nSPS) is 21.2. The van der Waals surface area contributed by atoms with Gasteiger partial charge in [0.2, 0.25) is 5.91 Å². The van der Waals surface area contributed by atoms with E-state index in [1.807, 2.05) is 5.32 Å². The monoisotopic (exact) mass is 449 g/mol. The van der Waals surface area contributed by atoms with Gasteiger partial charge in [0.05, 0.1) is 24.6 Å². The maximum absolute atomic E-state index is 12.9. The highest BCUT2D eigenvalue weighted by atomic mass is 19.4. The van der Waals surface area contributed by atoms with Gasteiger partial charge in [-0.05, 0) is 42.5 Å². The number of fused-ring (bicyclic) bond motifs is 1. The Morgan fingerprint density at radius 3 is 2.84 bits per heavy atom. The fourth-order valence-electron chi connectivity index (χ4n) is 3.81. The lowest BCUT2D eigenvalue weighted by molar-refractivity contribution is -0.154. The molecule has 2 N–H and O–H groups in total. The summed E-state index contributed by atoms with van der Waals surface area (Å²) >= 11 is 0. The first-order chi connectivity index (χ1) is 15.3. The molecular formula is C19H18F3N7O3. The lowest BCUT2D eigenvalue weighted by atomic mass is 9.97. The molecule has 1 saturated carbocycles. The van der Waals surface area contributed by atoms with E-state index >= 15 is 0 Å². The molecule has 2 amide bonds. The highest BCUT2D eigenvalue weighted by molar-refractivity contribution is 5.93. The van der Waals surface area contributed by atoms with Crippen LogP contribution in [-0.4, -0.2) is 48.9 Å². The van der Waals surface area contributed by atoms with Crippen molar-refractivity contribution >= 4 is 17.5 Å². The van der Waals surface area contributed by atoms with Gasteiger partial charge in [-0.15, -0.1) is 0 Å². The number of alkyl halides is 3. The van der Waals surface area contributed by atoms with Crippen LogP contribution in [0.5, 0.6) is 0 Å². The van der Waals surface area contributed by atoms with Gasteiger partial charge in [0, 0.05) is 11.8 Å². The summed E-state index contributed by atoms with van der Waals surface area (Å²) in [4.78, 5) is 28.7. The van der Waals surface area contributed by atoms with Crippen molar-refractivity contribution in [2.45, 2.75) is 50.4 Å². The zero-order valence-electron chi connectivity index (χ0n) is 16.6. The second-order valence-electron chi connectivity index (χ2n) is 8.09. The summed E-state index contributed by atoms with van der Waals surface area (Å²) < 4.78 is 44.8. The number of amides is 2. The summed E-state index contributed by atoms with van der Waals surface area (Å²) in [6, 6.07) is -0.155. The summed E-state index contributed by atoms with van der Waals surface area (Å²) in [6.45, 7) is 0.118. The van der Waals surface area contributed by atoms with Gasteiger partial charge >= 0.3 is 6.18 Å². The third-order valence-corrected chi connectivity index (χ3v) is 5.63. The van der Waals surface area contributed by atoms with Gasteiger partial charge in [-0.2, -0.15) is 18.3 Å². The first-order valence-electron chi connectivity index (χ1n) is 10.1. The average molecular weight is 449 g/mol. The standard InChI is InChI=1S/C19H18F3N7O3/c20-19(21,22)13-5-11(17(30)26-13)3-9-4-14-25-12(8-29(14)24-6-9)7-23-18(31)16-15(10-1-2-10)27-32-28-16/h4,6,8,10-11,13H,1-3,5,7H2,(H,23,31)(H,26,30)/t11-,13?/m0/s1. The fourth-order valence-corrected chi connectivity index (χ4v) is 3.81. The van der Waals surface area contributed by atoms with Gasteiger partial charge in [0.15, 0.2) is 11.3 Å². The third kappa shape index (κ3) is 4.01. The van der Waals surface area contributed by atoms with Crippen LogP contribution in [-0.2, 0) is 17.8 Å². The predicted octanol–water partition coefficient (Wildman–Crippen LogP) is 1.53. The molecule has 3 aromatic rings. The van der Waals surface area contributed by atoms with Crippen LogP contribution in [0, 0.1) is 5.92 Å². The van der Waals surface area contributed by atoms with Crippen molar-refractivity contribution in [1.29, 1.82) is 0 Å².